The van der Waals surface area contributed by atoms with E-state index in [1.165, 1.54) is 0 Å². The van der Waals surface area contributed by atoms with Crippen LogP contribution in [0.1, 0.15) is 43.9 Å². The van der Waals surface area contributed by atoms with Crippen LogP contribution in [0.15, 0.2) is 12.1 Å². The van der Waals surface area contributed by atoms with E-state index in [-0.39, 0.29) is 11.6 Å². The number of benzene rings is 1. The maximum atomic E-state index is 13.9. The third-order valence-electron chi connectivity index (χ3n) is 4.14. The highest BCUT2D eigenvalue weighted by Crippen LogP contribution is 2.34. The number of aromatic nitrogens is 2. The Morgan fingerprint density at radius 3 is 2.85 bits per heavy atom. The molecule has 20 heavy (non-hydrogen) atoms. The summed E-state index contributed by atoms with van der Waals surface area (Å²) in [4.78, 5) is 0. The number of aliphatic hydroxyl groups is 1. The minimum absolute atomic E-state index is 0.0174. The van der Waals surface area contributed by atoms with Gasteiger partial charge in [0.05, 0.1) is 17.0 Å². The number of halogens is 1. The van der Waals surface area contributed by atoms with E-state index in [9.17, 15) is 9.50 Å². The van der Waals surface area contributed by atoms with Crippen LogP contribution in [0.5, 0.6) is 0 Å². The van der Waals surface area contributed by atoms with E-state index in [2.05, 4.69) is 29.4 Å². The normalized spacial score (nSPS) is 23.4. The Morgan fingerprint density at radius 2 is 2.20 bits per heavy atom. The van der Waals surface area contributed by atoms with Crippen molar-refractivity contribution in [2.24, 2.45) is 0 Å². The maximum Gasteiger partial charge on any atom is 0.217 e. The van der Waals surface area contributed by atoms with Crippen LogP contribution >= 0.6 is 0 Å². The topological polar surface area (TPSA) is 60.9 Å². The summed E-state index contributed by atoms with van der Waals surface area (Å²) in [6, 6.07) is 3.61. The quantitative estimate of drug-likeness (QED) is 0.790. The van der Waals surface area contributed by atoms with Crippen LogP contribution in [-0.2, 0) is 0 Å². The molecule has 4 nitrogen and oxygen atoms in total. The molecule has 1 saturated heterocycles. The first-order chi connectivity index (χ1) is 9.37. The molecule has 0 amide bonds. The lowest BCUT2D eigenvalue weighted by molar-refractivity contribution is 0.133. The summed E-state index contributed by atoms with van der Waals surface area (Å²) in [6.07, 6.45) is 1.15. The van der Waals surface area contributed by atoms with Crippen LogP contribution in [0.2, 0.25) is 0 Å². The van der Waals surface area contributed by atoms with Crippen molar-refractivity contribution in [3.8, 4) is 0 Å². The lowest BCUT2D eigenvalue weighted by atomic mass is 9.96. The number of rotatable bonds is 2. The standard InChI is InChI=1S/C15H20FN3O/c1-8-6-9(12-11(7-8)18-19-14(12)16)13(20)10-4-5-15(2,3)17-10/h6-7,10,13,17,20H,4-5H2,1-3H3,(H,18,19)/t10-,13+/m0/s1. The fourth-order valence-corrected chi connectivity index (χ4v) is 3.14. The SMILES string of the molecule is Cc1cc([C@@H](O)[C@@H]2CCC(C)(C)N2)c2c(F)[nH]nc2c1. The van der Waals surface area contributed by atoms with E-state index < -0.39 is 12.1 Å². The molecule has 0 aliphatic carbocycles. The molecule has 1 fully saturated rings. The number of hydrogen-bond acceptors (Lipinski definition) is 3. The molecular weight excluding hydrogens is 257 g/mol. The van der Waals surface area contributed by atoms with Crippen LogP contribution in [0.3, 0.4) is 0 Å². The van der Waals surface area contributed by atoms with E-state index in [0.717, 1.165) is 18.4 Å². The highest BCUT2D eigenvalue weighted by atomic mass is 19.1. The number of aliphatic hydroxyl groups excluding tert-OH is 1. The summed E-state index contributed by atoms with van der Waals surface area (Å²) in [7, 11) is 0. The highest BCUT2D eigenvalue weighted by molar-refractivity contribution is 5.83. The van der Waals surface area contributed by atoms with Gasteiger partial charge in [-0.3, -0.25) is 5.10 Å². The van der Waals surface area contributed by atoms with Crippen molar-refractivity contribution in [3.63, 3.8) is 0 Å². The van der Waals surface area contributed by atoms with Crippen molar-refractivity contribution in [3.05, 3.63) is 29.2 Å². The zero-order valence-corrected chi connectivity index (χ0v) is 12.0. The second kappa shape index (κ2) is 4.53. The predicted molar refractivity (Wildman–Crippen MR) is 76.0 cm³/mol. The van der Waals surface area contributed by atoms with E-state index in [0.29, 0.717) is 16.5 Å². The molecule has 1 aliphatic rings. The number of fused-ring (bicyclic) bond motifs is 1. The molecule has 3 N–H and O–H groups in total. The number of H-pyrrole nitrogens is 1. The van der Waals surface area contributed by atoms with Crippen molar-refractivity contribution >= 4 is 10.9 Å². The highest BCUT2D eigenvalue weighted by Gasteiger charge is 2.35. The van der Waals surface area contributed by atoms with E-state index in [1.807, 2.05) is 19.1 Å². The minimum Gasteiger partial charge on any atom is -0.387 e. The summed E-state index contributed by atoms with van der Waals surface area (Å²) in [5, 5.41) is 20.8. The molecule has 0 spiro atoms. The summed E-state index contributed by atoms with van der Waals surface area (Å²) in [6.45, 7) is 6.15. The van der Waals surface area contributed by atoms with Gasteiger partial charge in [0.25, 0.3) is 0 Å². The molecule has 0 saturated carbocycles. The van der Waals surface area contributed by atoms with E-state index in [1.54, 1.807) is 0 Å². The number of hydrogen-bond donors (Lipinski definition) is 3. The Hall–Kier alpha value is -1.46. The van der Waals surface area contributed by atoms with E-state index >= 15 is 0 Å². The summed E-state index contributed by atoms with van der Waals surface area (Å²) in [5.41, 5.74) is 2.16. The molecule has 1 aromatic heterocycles. The molecule has 2 heterocycles. The molecule has 3 rings (SSSR count). The summed E-state index contributed by atoms with van der Waals surface area (Å²) in [5.74, 6) is -0.480. The second-order valence-corrected chi connectivity index (χ2v) is 6.40. The maximum absolute atomic E-state index is 13.9. The van der Waals surface area contributed by atoms with Crippen molar-refractivity contribution in [2.75, 3.05) is 0 Å². The molecular formula is C15H20FN3O. The lowest BCUT2D eigenvalue weighted by Crippen LogP contribution is -2.40. The molecule has 0 unspecified atom stereocenters. The molecule has 1 aromatic carbocycles. The molecule has 0 bridgehead atoms. The summed E-state index contributed by atoms with van der Waals surface area (Å²) < 4.78 is 13.9. The van der Waals surface area contributed by atoms with Gasteiger partial charge in [-0.05, 0) is 50.8 Å². The Balaban J connectivity index is 2.03. The van der Waals surface area contributed by atoms with Crippen molar-refractivity contribution in [1.29, 1.82) is 0 Å². The predicted octanol–water partition coefficient (Wildman–Crippen LogP) is 2.57. The number of nitrogens with one attached hydrogen (secondary N) is 2. The Labute approximate surface area is 117 Å². The van der Waals surface area contributed by atoms with Crippen LogP contribution < -0.4 is 5.32 Å². The lowest BCUT2D eigenvalue weighted by Gasteiger charge is -2.24. The van der Waals surface area contributed by atoms with Gasteiger partial charge in [0.15, 0.2) is 0 Å². The zero-order chi connectivity index (χ0) is 14.5. The van der Waals surface area contributed by atoms with Gasteiger partial charge in [-0.1, -0.05) is 6.07 Å². The van der Waals surface area contributed by atoms with Gasteiger partial charge in [0.1, 0.15) is 0 Å². The first-order valence-corrected chi connectivity index (χ1v) is 6.97. The molecule has 2 atom stereocenters. The number of aryl methyl sites for hydroxylation is 1. The first kappa shape index (κ1) is 13.5. The van der Waals surface area contributed by atoms with Crippen molar-refractivity contribution in [1.82, 2.24) is 15.5 Å². The number of nitrogens with zero attached hydrogens (tertiary/aromatic N) is 1. The van der Waals surface area contributed by atoms with Crippen LogP contribution in [0, 0.1) is 12.9 Å². The Morgan fingerprint density at radius 1 is 1.45 bits per heavy atom. The summed E-state index contributed by atoms with van der Waals surface area (Å²) >= 11 is 0. The molecule has 1 aliphatic heterocycles. The van der Waals surface area contributed by atoms with Gasteiger partial charge in [-0.15, -0.1) is 0 Å². The Bertz CT molecular complexity index is 650. The van der Waals surface area contributed by atoms with Crippen molar-refractivity contribution in [2.45, 2.75) is 51.3 Å². The average molecular weight is 277 g/mol. The minimum atomic E-state index is -0.730. The molecule has 108 valence electrons. The van der Waals surface area contributed by atoms with Gasteiger partial charge in [-0.25, -0.2) is 0 Å². The van der Waals surface area contributed by atoms with Gasteiger partial charge in [0, 0.05) is 11.6 Å². The van der Waals surface area contributed by atoms with Gasteiger partial charge >= 0.3 is 0 Å². The molecule has 2 aromatic rings. The van der Waals surface area contributed by atoms with Crippen LogP contribution in [-0.4, -0.2) is 26.9 Å². The smallest absolute Gasteiger partial charge is 0.217 e. The van der Waals surface area contributed by atoms with Crippen molar-refractivity contribution < 1.29 is 9.50 Å². The Kier molecular flexibility index (Phi) is 3.06. The number of aromatic amines is 1. The van der Waals surface area contributed by atoms with Gasteiger partial charge in [0.2, 0.25) is 5.95 Å². The largest absolute Gasteiger partial charge is 0.387 e. The fourth-order valence-electron chi connectivity index (χ4n) is 3.14. The zero-order valence-electron chi connectivity index (χ0n) is 12.0. The first-order valence-electron chi connectivity index (χ1n) is 6.97. The third kappa shape index (κ3) is 2.21. The van der Waals surface area contributed by atoms with Crippen LogP contribution in [0.25, 0.3) is 10.9 Å². The molecule has 0 radical (unpaired) electrons. The third-order valence-corrected chi connectivity index (χ3v) is 4.14. The fraction of sp³-hybridized carbons (Fsp3) is 0.533. The van der Waals surface area contributed by atoms with Gasteiger partial charge < -0.3 is 10.4 Å². The monoisotopic (exact) mass is 277 g/mol. The van der Waals surface area contributed by atoms with E-state index in [4.69, 9.17) is 0 Å². The second-order valence-electron chi connectivity index (χ2n) is 6.40. The molecule has 5 heteroatoms. The van der Waals surface area contributed by atoms with Gasteiger partial charge in [-0.2, -0.15) is 9.49 Å². The average Bonchev–Trinajstić information content (AvgIpc) is 2.91. The van der Waals surface area contributed by atoms with Crippen LogP contribution in [0.4, 0.5) is 4.39 Å².